The summed E-state index contributed by atoms with van der Waals surface area (Å²) in [6.45, 7) is 0.870. The monoisotopic (exact) mass is 441 g/mol. The fourth-order valence-corrected chi connectivity index (χ4v) is 5.18. The van der Waals surface area contributed by atoms with Gasteiger partial charge in [0.15, 0.2) is 5.16 Å². The van der Waals surface area contributed by atoms with Crippen molar-refractivity contribution in [3.8, 4) is 0 Å². The fourth-order valence-electron chi connectivity index (χ4n) is 3.94. The van der Waals surface area contributed by atoms with Crippen molar-refractivity contribution in [1.29, 1.82) is 0 Å². The summed E-state index contributed by atoms with van der Waals surface area (Å²) in [6, 6.07) is 28.6. The van der Waals surface area contributed by atoms with Gasteiger partial charge in [-0.15, -0.1) is 0 Å². The predicted octanol–water partition coefficient (Wildman–Crippen LogP) is 5.41. The molecule has 0 atom stereocenters. The molecule has 0 saturated carbocycles. The Balaban J connectivity index is 1.70. The minimum atomic E-state index is -0.0781. The second-order valence-electron chi connectivity index (χ2n) is 7.56. The third-order valence-electron chi connectivity index (χ3n) is 5.52. The third kappa shape index (κ3) is 3.83. The van der Waals surface area contributed by atoms with E-state index in [1.165, 1.54) is 0 Å². The maximum atomic E-state index is 13.5. The number of hydrogen-bond donors (Lipinski definition) is 1. The highest BCUT2D eigenvalue weighted by Gasteiger charge is 2.21. The Labute approximate surface area is 190 Å². The standard InChI is InChI=1S/C26H23N3O2S/c1-31-17-16-29-25(30)23-22(20-14-8-9-15-21(20)27-23)28-26(29)32-24(18-10-4-2-5-11-18)19-12-6-3-7-13-19/h2-15,24,27H,16-17H2,1H3. The Kier molecular flexibility index (Phi) is 5.79. The largest absolute Gasteiger partial charge is 0.383 e. The van der Waals surface area contributed by atoms with Crippen molar-refractivity contribution in [2.75, 3.05) is 13.7 Å². The molecular formula is C26H23N3O2S. The quantitative estimate of drug-likeness (QED) is 0.271. The number of aromatic amines is 1. The van der Waals surface area contributed by atoms with Crippen LogP contribution in [0.4, 0.5) is 0 Å². The van der Waals surface area contributed by atoms with E-state index in [2.05, 4.69) is 29.2 Å². The second kappa shape index (κ2) is 9.02. The first-order valence-corrected chi connectivity index (χ1v) is 11.4. The van der Waals surface area contributed by atoms with Crippen LogP contribution in [0.15, 0.2) is 94.9 Å². The van der Waals surface area contributed by atoms with Crippen molar-refractivity contribution in [3.63, 3.8) is 0 Å². The highest BCUT2D eigenvalue weighted by Crippen LogP contribution is 2.40. The van der Waals surface area contributed by atoms with Crippen LogP contribution >= 0.6 is 11.8 Å². The molecule has 160 valence electrons. The number of nitrogens with one attached hydrogen (secondary N) is 1. The molecule has 2 aromatic heterocycles. The number of fused-ring (bicyclic) bond motifs is 3. The summed E-state index contributed by atoms with van der Waals surface area (Å²) >= 11 is 1.60. The lowest BCUT2D eigenvalue weighted by Gasteiger charge is -2.19. The Morgan fingerprint density at radius 1 is 0.938 bits per heavy atom. The number of hydrogen-bond acceptors (Lipinski definition) is 4. The van der Waals surface area contributed by atoms with Gasteiger partial charge in [0.2, 0.25) is 0 Å². The molecule has 6 heteroatoms. The number of nitrogens with zero attached hydrogens (tertiary/aromatic N) is 2. The van der Waals surface area contributed by atoms with E-state index < -0.39 is 0 Å². The summed E-state index contributed by atoms with van der Waals surface area (Å²) in [5, 5.41) is 1.64. The average molecular weight is 442 g/mol. The molecule has 32 heavy (non-hydrogen) atoms. The van der Waals surface area contributed by atoms with Crippen LogP contribution in [-0.2, 0) is 11.3 Å². The summed E-state index contributed by atoms with van der Waals surface area (Å²) in [6.07, 6.45) is 0. The first kappa shape index (κ1) is 20.5. The number of para-hydroxylation sites is 1. The van der Waals surface area contributed by atoms with Crippen molar-refractivity contribution >= 4 is 33.7 Å². The molecule has 0 spiro atoms. The number of benzene rings is 3. The van der Waals surface area contributed by atoms with Crippen LogP contribution in [0.5, 0.6) is 0 Å². The molecular weight excluding hydrogens is 418 g/mol. The van der Waals surface area contributed by atoms with Gasteiger partial charge >= 0.3 is 0 Å². The first-order chi connectivity index (χ1) is 15.8. The van der Waals surface area contributed by atoms with Crippen LogP contribution in [0, 0.1) is 0 Å². The van der Waals surface area contributed by atoms with Gasteiger partial charge in [-0.3, -0.25) is 9.36 Å². The van der Waals surface area contributed by atoms with Gasteiger partial charge in [-0.05, 0) is 17.2 Å². The van der Waals surface area contributed by atoms with Gasteiger partial charge in [-0.2, -0.15) is 0 Å². The normalized spacial score (nSPS) is 11.6. The van der Waals surface area contributed by atoms with Crippen LogP contribution in [-0.4, -0.2) is 28.3 Å². The zero-order valence-corrected chi connectivity index (χ0v) is 18.5. The molecule has 0 unspecified atom stereocenters. The molecule has 5 rings (SSSR count). The SMILES string of the molecule is COCCn1c(SC(c2ccccc2)c2ccccc2)nc2c([nH]c3ccccc32)c1=O. The number of methoxy groups -OCH3 is 1. The second-order valence-corrected chi connectivity index (χ2v) is 8.63. The van der Waals surface area contributed by atoms with Gasteiger partial charge in [0, 0.05) is 18.0 Å². The predicted molar refractivity (Wildman–Crippen MR) is 130 cm³/mol. The smallest absolute Gasteiger partial charge is 0.278 e. The van der Waals surface area contributed by atoms with Crippen LogP contribution in [0.25, 0.3) is 21.9 Å². The molecule has 0 aliphatic carbocycles. The number of ether oxygens (including phenoxy) is 1. The van der Waals surface area contributed by atoms with Crippen molar-refractivity contribution in [2.24, 2.45) is 0 Å². The molecule has 5 nitrogen and oxygen atoms in total. The van der Waals surface area contributed by atoms with E-state index in [0.29, 0.717) is 29.3 Å². The van der Waals surface area contributed by atoms with Gasteiger partial charge < -0.3 is 9.72 Å². The Morgan fingerprint density at radius 3 is 2.22 bits per heavy atom. The highest BCUT2D eigenvalue weighted by molar-refractivity contribution is 7.99. The topological polar surface area (TPSA) is 59.9 Å². The lowest BCUT2D eigenvalue weighted by molar-refractivity contribution is 0.183. The molecule has 1 N–H and O–H groups in total. The minimum Gasteiger partial charge on any atom is -0.383 e. The third-order valence-corrected chi connectivity index (χ3v) is 6.83. The van der Waals surface area contributed by atoms with Crippen molar-refractivity contribution < 1.29 is 4.74 Å². The summed E-state index contributed by atoms with van der Waals surface area (Å²) in [7, 11) is 1.64. The van der Waals surface area contributed by atoms with E-state index in [-0.39, 0.29) is 10.8 Å². The maximum Gasteiger partial charge on any atom is 0.278 e. The molecule has 0 saturated heterocycles. The van der Waals surface area contributed by atoms with E-state index in [9.17, 15) is 4.79 Å². The van der Waals surface area contributed by atoms with Gasteiger partial charge in [0.05, 0.1) is 18.4 Å². The Morgan fingerprint density at radius 2 is 1.56 bits per heavy atom. The van der Waals surface area contributed by atoms with E-state index in [1.54, 1.807) is 23.4 Å². The first-order valence-electron chi connectivity index (χ1n) is 10.5. The molecule has 0 amide bonds. The number of rotatable bonds is 7. The average Bonchev–Trinajstić information content (AvgIpc) is 3.22. The van der Waals surface area contributed by atoms with E-state index in [4.69, 9.17) is 9.72 Å². The lowest BCUT2D eigenvalue weighted by Crippen LogP contribution is -2.25. The summed E-state index contributed by atoms with van der Waals surface area (Å²) < 4.78 is 7.02. The fraction of sp³-hybridized carbons (Fsp3) is 0.154. The van der Waals surface area contributed by atoms with Crippen LogP contribution < -0.4 is 5.56 Å². The van der Waals surface area contributed by atoms with Crippen molar-refractivity contribution in [3.05, 3.63) is 106 Å². The van der Waals surface area contributed by atoms with E-state index >= 15 is 0 Å². The van der Waals surface area contributed by atoms with E-state index in [0.717, 1.165) is 22.0 Å². The van der Waals surface area contributed by atoms with Gasteiger partial charge in [-0.25, -0.2) is 4.98 Å². The van der Waals surface area contributed by atoms with Crippen molar-refractivity contribution in [1.82, 2.24) is 14.5 Å². The zero-order valence-electron chi connectivity index (χ0n) is 17.7. The molecule has 2 heterocycles. The van der Waals surface area contributed by atoms with Crippen LogP contribution in [0.2, 0.25) is 0 Å². The lowest BCUT2D eigenvalue weighted by atomic mass is 10.0. The Hall–Kier alpha value is -3.35. The number of thioether (sulfide) groups is 1. The van der Waals surface area contributed by atoms with Gasteiger partial charge in [0.1, 0.15) is 11.0 Å². The van der Waals surface area contributed by atoms with Gasteiger partial charge in [-0.1, -0.05) is 90.6 Å². The zero-order chi connectivity index (χ0) is 21.9. The summed E-state index contributed by atoms with van der Waals surface area (Å²) in [5.41, 5.74) is 4.40. The maximum absolute atomic E-state index is 13.5. The molecule has 0 aliphatic heterocycles. The van der Waals surface area contributed by atoms with Crippen molar-refractivity contribution in [2.45, 2.75) is 17.0 Å². The molecule has 5 aromatic rings. The molecule has 0 aliphatic rings. The summed E-state index contributed by atoms with van der Waals surface area (Å²) in [5.74, 6) is 0. The summed E-state index contributed by atoms with van der Waals surface area (Å²) in [4.78, 5) is 21.8. The van der Waals surface area contributed by atoms with Gasteiger partial charge in [0.25, 0.3) is 5.56 Å². The molecule has 0 radical (unpaired) electrons. The number of H-pyrrole nitrogens is 1. The molecule has 0 fully saturated rings. The van der Waals surface area contributed by atoms with Crippen LogP contribution in [0.1, 0.15) is 16.4 Å². The molecule has 3 aromatic carbocycles. The van der Waals surface area contributed by atoms with Crippen LogP contribution in [0.3, 0.4) is 0 Å². The molecule has 0 bridgehead atoms. The minimum absolute atomic E-state index is 0.000695. The van der Waals surface area contributed by atoms with E-state index in [1.807, 2.05) is 60.7 Å². The Bertz CT molecular complexity index is 1370. The number of aromatic nitrogens is 3. The highest BCUT2D eigenvalue weighted by atomic mass is 32.2.